The van der Waals surface area contributed by atoms with Gasteiger partial charge in [-0.1, -0.05) is 0 Å². The number of carbonyl (C=O) groups excluding carboxylic acids is 1. The van der Waals surface area contributed by atoms with Crippen LogP contribution in [0.5, 0.6) is 0 Å². The standard InChI is InChI=1S/C10H13N3O2/c1-13-3-2-7(4-9(13)14)10(15)12-8-5-11-6-8/h2-4,8,11H,5-6H2,1H3,(H,12,15). The fourth-order valence-electron chi connectivity index (χ4n) is 1.35. The van der Waals surface area contributed by atoms with Crippen molar-refractivity contribution < 1.29 is 4.79 Å². The van der Waals surface area contributed by atoms with E-state index in [1.54, 1.807) is 19.3 Å². The first-order valence-corrected chi connectivity index (χ1v) is 4.85. The Balaban J connectivity index is 2.11. The van der Waals surface area contributed by atoms with Crippen LogP contribution < -0.4 is 16.2 Å². The van der Waals surface area contributed by atoms with Crippen LogP contribution in [0, 0.1) is 0 Å². The van der Waals surface area contributed by atoms with Crippen molar-refractivity contribution in [1.82, 2.24) is 15.2 Å². The molecule has 1 aliphatic heterocycles. The largest absolute Gasteiger partial charge is 0.347 e. The van der Waals surface area contributed by atoms with Crippen LogP contribution in [0.2, 0.25) is 0 Å². The van der Waals surface area contributed by atoms with Crippen LogP contribution in [0.15, 0.2) is 23.1 Å². The third-order valence-corrected chi connectivity index (χ3v) is 2.48. The fraction of sp³-hybridized carbons (Fsp3) is 0.400. The second kappa shape index (κ2) is 3.86. The number of nitrogens with zero attached hydrogens (tertiary/aromatic N) is 1. The van der Waals surface area contributed by atoms with Crippen LogP contribution in [0.4, 0.5) is 0 Å². The highest BCUT2D eigenvalue weighted by molar-refractivity contribution is 5.94. The molecule has 0 radical (unpaired) electrons. The monoisotopic (exact) mass is 207 g/mol. The Bertz CT molecular complexity index is 435. The van der Waals surface area contributed by atoms with Crippen molar-refractivity contribution in [3.63, 3.8) is 0 Å². The first-order chi connectivity index (χ1) is 7.16. The number of hydrogen-bond donors (Lipinski definition) is 2. The average molecular weight is 207 g/mol. The molecule has 0 aliphatic carbocycles. The van der Waals surface area contributed by atoms with Crippen molar-refractivity contribution in [2.75, 3.05) is 13.1 Å². The Morgan fingerprint density at radius 1 is 1.60 bits per heavy atom. The van der Waals surface area contributed by atoms with Crippen LogP contribution >= 0.6 is 0 Å². The summed E-state index contributed by atoms with van der Waals surface area (Å²) in [5.74, 6) is -0.181. The molecule has 1 amide bonds. The van der Waals surface area contributed by atoms with E-state index in [2.05, 4.69) is 10.6 Å². The minimum Gasteiger partial charge on any atom is -0.347 e. The number of carbonyl (C=O) groups is 1. The third-order valence-electron chi connectivity index (χ3n) is 2.48. The third kappa shape index (κ3) is 2.07. The molecule has 2 rings (SSSR count). The first kappa shape index (κ1) is 9.92. The lowest BCUT2D eigenvalue weighted by Gasteiger charge is -2.27. The van der Waals surface area contributed by atoms with Crippen molar-refractivity contribution in [3.05, 3.63) is 34.2 Å². The number of rotatable bonds is 2. The van der Waals surface area contributed by atoms with Gasteiger partial charge in [0.1, 0.15) is 0 Å². The molecule has 0 atom stereocenters. The second-order valence-corrected chi connectivity index (χ2v) is 3.69. The maximum atomic E-state index is 11.6. The van der Waals surface area contributed by atoms with Crippen molar-refractivity contribution in [2.24, 2.45) is 7.05 Å². The molecule has 1 fully saturated rings. The second-order valence-electron chi connectivity index (χ2n) is 3.69. The fourth-order valence-corrected chi connectivity index (χ4v) is 1.35. The van der Waals surface area contributed by atoms with Crippen LogP contribution in [0.3, 0.4) is 0 Å². The van der Waals surface area contributed by atoms with Crippen LogP contribution in [0.1, 0.15) is 10.4 Å². The highest BCUT2D eigenvalue weighted by Gasteiger charge is 2.19. The summed E-state index contributed by atoms with van der Waals surface area (Å²) in [6.45, 7) is 1.60. The van der Waals surface area contributed by atoms with E-state index in [0.29, 0.717) is 5.56 Å². The molecular formula is C10H13N3O2. The zero-order valence-electron chi connectivity index (χ0n) is 8.49. The van der Waals surface area contributed by atoms with E-state index in [-0.39, 0.29) is 17.5 Å². The molecule has 0 aromatic carbocycles. The van der Waals surface area contributed by atoms with Gasteiger partial charge in [0, 0.05) is 38.0 Å². The van der Waals surface area contributed by atoms with Gasteiger partial charge in [-0.05, 0) is 6.07 Å². The number of amides is 1. The summed E-state index contributed by atoms with van der Waals surface area (Å²) < 4.78 is 1.43. The summed E-state index contributed by atoms with van der Waals surface area (Å²) in [5, 5.41) is 5.89. The maximum Gasteiger partial charge on any atom is 0.251 e. The van der Waals surface area contributed by atoms with Crippen molar-refractivity contribution in [2.45, 2.75) is 6.04 Å². The molecule has 0 saturated carbocycles. The smallest absolute Gasteiger partial charge is 0.251 e. The van der Waals surface area contributed by atoms with E-state index in [0.717, 1.165) is 13.1 Å². The summed E-state index contributed by atoms with van der Waals surface area (Å²) in [7, 11) is 1.65. The molecule has 80 valence electrons. The van der Waals surface area contributed by atoms with E-state index in [1.807, 2.05) is 0 Å². The van der Waals surface area contributed by atoms with E-state index < -0.39 is 0 Å². The van der Waals surface area contributed by atoms with Gasteiger partial charge in [0.05, 0.1) is 6.04 Å². The Hall–Kier alpha value is -1.62. The van der Waals surface area contributed by atoms with Crippen molar-refractivity contribution in [1.29, 1.82) is 0 Å². The van der Waals surface area contributed by atoms with Gasteiger partial charge < -0.3 is 15.2 Å². The number of aromatic nitrogens is 1. The van der Waals surface area contributed by atoms with E-state index in [1.165, 1.54) is 10.6 Å². The molecule has 2 N–H and O–H groups in total. The van der Waals surface area contributed by atoms with Gasteiger partial charge >= 0.3 is 0 Å². The average Bonchev–Trinajstić information content (AvgIpc) is 2.15. The number of nitrogens with one attached hydrogen (secondary N) is 2. The zero-order valence-corrected chi connectivity index (χ0v) is 8.49. The summed E-state index contributed by atoms with van der Waals surface area (Å²) >= 11 is 0. The topological polar surface area (TPSA) is 63.1 Å². The number of pyridine rings is 1. The zero-order chi connectivity index (χ0) is 10.8. The Morgan fingerprint density at radius 3 is 2.87 bits per heavy atom. The lowest BCUT2D eigenvalue weighted by atomic mass is 10.1. The molecule has 1 saturated heterocycles. The van der Waals surface area contributed by atoms with Gasteiger partial charge in [0.15, 0.2) is 0 Å². The Kier molecular flexibility index (Phi) is 2.55. The normalized spacial score (nSPS) is 15.8. The van der Waals surface area contributed by atoms with Gasteiger partial charge in [-0.2, -0.15) is 0 Å². The predicted octanol–water partition coefficient (Wildman–Crippen LogP) is -0.913. The molecule has 0 spiro atoms. The quantitative estimate of drug-likeness (QED) is 0.659. The van der Waals surface area contributed by atoms with Gasteiger partial charge in [0.25, 0.3) is 11.5 Å². The highest BCUT2D eigenvalue weighted by Crippen LogP contribution is 1.97. The maximum absolute atomic E-state index is 11.6. The Labute approximate surface area is 87.1 Å². The minimum absolute atomic E-state index is 0.172. The van der Waals surface area contributed by atoms with E-state index >= 15 is 0 Å². The molecular weight excluding hydrogens is 194 g/mol. The van der Waals surface area contributed by atoms with Gasteiger partial charge in [-0.3, -0.25) is 9.59 Å². The van der Waals surface area contributed by atoms with Crippen molar-refractivity contribution >= 4 is 5.91 Å². The number of hydrogen-bond acceptors (Lipinski definition) is 3. The summed E-state index contributed by atoms with van der Waals surface area (Å²) in [6.07, 6.45) is 1.59. The molecule has 1 aromatic heterocycles. The molecule has 1 aromatic rings. The minimum atomic E-state index is -0.181. The molecule has 15 heavy (non-hydrogen) atoms. The van der Waals surface area contributed by atoms with Crippen LogP contribution in [-0.2, 0) is 7.05 Å². The predicted molar refractivity (Wildman–Crippen MR) is 55.8 cm³/mol. The summed E-state index contributed by atoms with van der Waals surface area (Å²) in [6, 6.07) is 3.19. The Morgan fingerprint density at radius 2 is 2.33 bits per heavy atom. The van der Waals surface area contributed by atoms with Gasteiger partial charge in [0.2, 0.25) is 0 Å². The number of aryl methyl sites for hydroxylation is 1. The first-order valence-electron chi connectivity index (χ1n) is 4.85. The van der Waals surface area contributed by atoms with E-state index in [9.17, 15) is 9.59 Å². The molecule has 0 unspecified atom stereocenters. The lowest BCUT2D eigenvalue weighted by molar-refractivity contribution is 0.0923. The molecule has 2 heterocycles. The molecule has 0 bridgehead atoms. The molecule has 5 nitrogen and oxygen atoms in total. The highest BCUT2D eigenvalue weighted by atomic mass is 16.2. The SMILES string of the molecule is Cn1ccc(C(=O)NC2CNC2)cc1=O. The summed E-state index contributed by atoms with van der Waals surface area (Å²) in [5.41, 5.74) is 0.249. The summed E-state index contributed by atoms with van der Waals surface area (Å²) in [4.78, 5) is 22.9. The molecule has 1 aliphatic rings. The van der Waals surface area contributed by atoms with Gasteiger partial charge in [-0.15, -0.1) is 0 Å². The lowest BCUT2D eigenvalue weighted by Crippen LogP contribution is -2.57. The van der Waals surface area contributed by atoms with Crippen LogP contribution in [0.25, 0.3) is 0 Å². The van der Waals surface area contributed by atoms with Gasteiger partial charge in [-0.25, -0.2) is 0 Å². The van der Waals surface area contributed by atoms with Crippen molar-refractivity contribution in [3.8, 4) is 0 Å². The van der Waals surface area contributed by atoms with Crippen LogP contribution in [-0.4, -0.2) is 29.6 Å². The molecule has 5 heteroatoms. The van der Waals surface area contributed by atoms with E-state index in [4.69, 9.17) is 0 Å².